The predicted octanol–water partition coefficient (Wildman–Crippen LogP) is 3.38. The lowest BCUT2D eigenvalue weighted by Crippen LogP contribution is -2.47. The third-order valence-electron chi connectivity index (χ3n) is 3.24. The van der Waals surface area contributed by atoms with Crippen molar-refractivity contribution in [1.29, 1.82) is 0 Å². The predicted molar refractivity (Wildman–Crippen MR) is 74.8 cm³/mol. The van der Waals surface area contributed by atoms with Crippen molar-refractivity contribution in [3.63, 3.8) is 0 Å². The summed E-state index contributed by atoms with van der Waals surface area (Å²) in [4.78, 5) is 0. The minimum absolute atomic E-state index is 0.0756. The van der Waals surface area contributed by atoms with E-state index in [9.17, 15) is 0 Å². The minimum atomic E-state index is -0.344. The van der Waals surface area contributed by atoms with E-state index < -0.39 is 0 Å². The Bertz CT molecular complexity index is 367. The zero-order chi connectivity index (χ0) is 13.7. The van der Waals surface area contributed by atoms with Crippen molar-refractivity contribution in [2.24, 2.45) is 5.92 Å². The minimum Gasteiger partial charge on any atom is -0.366 e. The molecule has 0 unspecified atom stereocenters. The first-order chi connectivity index (χ1) is 9.07. The average Bonchev–Trinajstić information content (AvgIpc) is 2.40. The molecule has 19 heavy (non-hydrogen) atoms. The molecule has 2 rings (SSSR count). The first-order valence-corrected chi connectivity index (χ1v) is 6.98. The van der Waals surface area contributed by atoms with Gasteiger partial charge in [0, 0.05) is 6.42 Å². The topological polar surface area (TPSA) is 27.7 Å². The van der Waals surface area contributed by atoms with Crippen molar-refractivity contribution < 1.29 is 14.2 Å². The standard InChI is InChI=1S/C16H24O3/c1-13(2)9-15-17-11-16(3,12-18-15)19-10-14-7-5-4-6-8-14/h4-8,13,15H,9-12H2,1-3H3/t15-,16+. The van der Waals surface area contributed by atoms with Crippen LogP contribution in [0.25, 0.3) is 0 Å². The van der Waals surface area contributed by atoms with Crippen LogP contribution in [0.15, 0.2) is 30.3 Å². The number of rotatable bonds is 5. The molecule has 0 atom stereocenters. The number of hydrogen-bond acceptors (Lipinski definition) is 3. The SMILES string of the molecule is CC(C)C[C@H]1OC[C@@](C)(OCc2ccccc2)CO1. The number of hydrogen-bond donors (Lipinski definition) is 0. The van der Waals surface area contributed by atoms with Gasteiger partial charge in [0.15, 0.2) is 6.29 Å². The fourth-order valence-electron chi connectivity index (χ4n) is 2.06. The Morgan fingerprint density at radius 2 is 1.84 bits per heavy atom. The zero-order valence-electron chi connectivity index (χ0n) is 12.1. The Morgan fingerprint density at radius 3 is 2.42 bits per heavy atom. The van der Waals surface area contributed by atoms with Gasteiger partial charge in [0.05, 0.1) is 19.8 Å². The molecular formula is C16H24O3. The van der Waals surface area contributed by atoms with E-state index in [1.807, 2.05) is 25.1 Å². The van der Waals surface area contributed by atoms with Gasteiger partial charge in [-0.25, -0.2) is 0 Å². The highest BCUT2D eigenvalue weighted by Crippen LogP contribution is 2.24. The summed E-state index contributed by atoms with van der Waals surface area (Å²) in [5.74, 6) is 0.583. The summed E-state index contributed by atoms with van der Waals surface area (Å²) in [6.45, 7) is 8.17. The third-order valence-corrected chi connectivity index (χ3v) is 3.24. The molecule has 0 spiro atoms. The normalized spacial score (nSPS) is 27.7. The van der Waals surface area contributed by atoms with Crippen molar-refractivity contribution in [1.82, 2.24) is 0 Å². The Labute approximate surface area is 115 Å². The maximum absolute atomic E-state index is 5.96. The van der Waals surface area contributed by atoms with E-state index >= 15 is 0 Å². The van der Waals surface area contributed by atoms with E-state index in [4.69, 9.17) is 14.2 Å². The molecule has 3 nitrogen and oxygen atoms in total. The largest absolute Gasteiger partial charge is 0.366 e. The molecule has 1 aromatic carbocycles. The molecule has 1 aromatic rings. The Morgan fingerprint density at radius 1 is 1.21 bits per heavy atom. The van der Waals surface area contributed by atoms with Crippen LogP contribution >= 0.6 is 0 Å². The monoisotopic (exact) mass is 264 g/mol. The molecule has 0 radical (unpaired) electrons. The number of ether oxygens (including phenoxy) is 3. The van der Waals surface area contributed by atoms with E-state index in [-0.39, 0.29) is 11.9 Å². The second-order valence-electron chi connectivity index (χ2n) is 5.91. The maximum Gasteiger partial charge on any atom is 0.158 e. The van der Waals surface area contributed by atoms with E-state index in [0.717, 1.165) is 6.42 Å². The van der Waals surface area contributed by atoms with Gasteiger partial charge in [-0.05, 0) is 18.4 Å². The molecule has 0 aromatic heterocycles. The molecule has 1 saturated heterocycles. The van der Waals surface area contributed by atoms with Crippen molar-refractivity contribution in [3.8, 4) is 0 Å². The molecule has 3 heteroatoms. The van der Waals surface area contributed by atoms with Gasteiger partial charge in [0.25, 0.3) is 0 Å². The van der Waals surface area contributed by atoms with Crippen molar-refractivity contribution in [2.45, 2.75) is 45.7 Å². The molecule has 0 bridgehead atoms. The van der Waals surface area contributed by atoms with Gasteiger partial charge in [0.2, 0.25) is 0 Å². The molecule has 1 aliphatic rings. The molecule has 1 fully saturated rings. The lowest BCUT2D eigenvalue weighted by Gasteiger charge is -2.37. The van der Waals surface area contributed by atoms with Crippen LogP contribution in [0.1, 0.15) is 32.8 Å². The molecule has 1 aliphatic heterocycles. The van der Waals surface area contributed by atoms with Gasteiger partial charge in [-0.1, -0.05) is 44.2 Å². The Balaban J connectivity index is 1.78. The summed E-state index contributed by atoms with van der Waals surface area (Å²) in [5.41, 5.74) is 0.830. The van der Waals surface area contributed by atoms with Gasteiger partial charge < -0.3 is 14.2 Å². The van der Waals surface area contributed by atoms with Crippen molar-refractivity contribution in [3.05, 3.63) is 35.9 Å². The van der Waals surface area contributed by atoms with Crippen LogP contribution in [0, 0.1) is 5.92 Å². The third kappa shape index (κ3) is 4.60. The van der Waals surface area contributed by atoms with E-state index in [0.29, 0.717) is 25.7 Å². The van der Waals surface area contributed by atoms with Gasteiger partial charge in [-0.2, -0.15) is 0 Å². The highest BCUT2D eigenvalue weighted by atomic mass is 16.7. The summed E-state index contributed by atoms with van der Waals surface area (Å²) >= 11 is 0. The van der Waals surface area contributed by atoms with Crippen LogP contribution in [-0.2, 0) is 20.8 Å². The lowest BCUT2D eigenvalue weighted by atomic mass is 10.1. The highest BCUT2D eigenvalue weighted by Gasteiger charge is 2.33. The summed E-state index contributed by atoms with van der Waals surface area (Å²) in [6, 6.07) is 10.2. The highest BCUT2D eigenvalue weighted by molar-refractivity contribution is 5.13. The van der Waals surface area contributed by atoms with Crippen molar-refractivity contribution >= 4 is 0 Å². The fraction of sp³-hybridized carbons (Fsp3) is 0.625. The van der Waals surface area contributed by atoms with Gasteiger partial charge in [-0.15, -0.1) is 0 Å². The molecule has 106 valence electrons. The first-order valence-electron chi connectivity index (χ1n) is 6.98. The molecule has 0 N–H and O–H groups in total. The lowest BCUT2D eigenvalue weighted by molar-refractivity contribution is -0.266. The molecular weight excluding hydrogens is 240 g/mol. The molecule has 0 aliphatic carbocycles. The van der Waals surface area contributed by atoms with Gasteiger partial charge in [0.1, 0.15) is 5.60 Å². The quantitative estimate of drug-likeness (QED) is 0.816. The van der Waals surface area contributed by atoms with Crippen LogP contribution in [0.5, 0.6) is 0 Å². The summed E-state index contributed by atoms with van der Waals surface area (Å²) < 4.78 is 17.5. The molecule has 0 amide bonds. The summed E-state index contributed by atoms with van der Waals surface area (Å²) in [5, 5.41) is 0. The van der Waals surface area contributed by atoms with Crippen LogP contribution < -0.4 is 0 Å². The van der Waals surface area contributed by atoms with Gasteiger partial charge >= 0.3 is 0 Å². The molecule has 0 saturated carbocycles. The van der Waals surface area contributed by atoms with E-state index in [1.165, 1.54) is 5.56 Å². The van der Waals surface area contributed by atoms with E-state index in [1.54, 1.807) is 0 Å². The smallest absolute Gasteiger partial charge is 0.158 e. The summed E-state index contributed by atoms with van der Waals surface area (Å²) in [7, 11) is 0. The van der Waals surface area contributed by atoms with Crippen LogP contribution in [0.3, 0.4) is 0 Å². The maximum atomic E-state index is 5.96. The van der Waals surface area contributed by atoms with Crippen LogP contribution in [0.4, 0.5) is 0 Å². The van der Waals surface area contributed by atoms with Crippen LogP contribution in [-0.4, -0.2) is 25.1 Å². The van der Waals surface area contributed by atoms with Gasteiger partial charge in [-0.3, -0.25) is 0 Å². The number of benzene rings is 1. The Hall–Kier alpha value is -0.900. The first kappa shape index (κ1) is 14.5. The zero-order valence-corrected chi connectivity index (χ0v) is 12.1. The van der Waals surface area contributed by atoms with E-state index in [2.05, 4.69) is 26.0 Å². The summed E-state index contributed by atoms with van der Waals surface area (Å²) in [6.07, 6.45) is 0.864. The Kier molecular flexibility index (Phi) is 4.97. The van der Waals surface area contributed by atoms with Crippen molar-refractivity contribution in [2.75, 3.05) is 13.2 Å². The second kappa shape index (κ2) is 6.51. The second-order valence-corrected chi connectivity index (χ2v) is 5.91. The fourth-order valence-corrected chi connectivity index (χ4v) is 2.06. The average molecular weight is 264 g/mol. The molecule has 1 heterocycles. The van der Waals surface area contributed by atoms with Crippen LogP contribution in [0.2, 0.25) is 0 Å².